The molecule has 104 valence electrons. The lowest BCUT2D eigenvalue weighted by Gasteiger charge is -2.13. The van der Waals surface area contributed by atoms with Gasteiger partial charge >= 0.3 is 0 Å². The summed E-state index contributed by atoms with van der Waals surface area (Å²) in [6, 6.07) is 0. The molecule has 0 aromatic carbocycles. The summed E-state index contributed by atoms with van der Waals surface area (Å²) in [6.07, 6.45) is 10.4. The summed E-state index contributed by atoms with van der Waals surface area (Å²) in [5.41, 5.74) is 0. The summed E-state index contributed by atoms with van der Waals surface area (Å²) in [5, 5.41) is 0. The maximum absolute atomic E-state index is 5.47. The summed E-state index contributed by atoms with van der Waals surface area (Å²) >= 11 is 0. The second-order valence-corrected chi connectivity index (χ2v) is 4.45. The highest BCUT2D eigenvalue weighted by Crippen LogP contribution is 2.08. The van der Waals surface area contributed by atoms with Crippen LogP contribution in [0.2, 0.25) is 0 Å². The SMILES string of the molecule is CCCCCCCCCCOCC(OC)OC. The zero-order chi connectivity index (χ0) is 12.8. The summed E-state index contributed by atoms with van der Waals surface area (Å²) in [5.74, 6) is 0. The smallest absolute Gasteiger partial charge is 0.180 e. The molecule has 0 aliphatic rings. The Labute approximate surface area is 107 Å². The topological polar surface area (TPSA) is 27.7 Å². The van der Waals surface area contributed by atoms with E-state index in [0.717, 1.165) is 13.0 Å². The molecule has 0 aliphatic carbocycles. The van der Waals surface area contributed by atoms with Gasteiger partial charge in [0.1, 0.15) is 0 Å². The molecule has 0 aliphatic heterocycles. The number of ether oxygens (including phenoxy) is 3. The van der Waals surface area contributed by atoms with Crippen molar-refractivity contribution < 1.29 is 14.2 Å². The highest BCUT2D eigenvalue weighted by Gasteiger charge is 2.03. The van der Waals surface area contributed by atoms with Crippen LogP contribution in [0.3, 0.4) is 0 Å². The van der Waals surface area contributed by atoms with Gasteiger partial charge in [0.2, 0.25) is 0 Å². The van der Waals surface area contributed by atoms with Crippen molar-refractivity contribution in [3.05, 3.63) is 0 Å². The van der Waals surface area contributed by atoms with Crippen LogP contribution in [0.1, 0.15) is 58.3 Å². The monoisotopic (exact) mass is 246 g/mol. The van der Waals surface area contributed by atoms with E-state index >= 15 is 0 Å². The molecule has 3 heteroatoms. The summed E-state index contributed by atoms with van der Waals surface area (Å²) in [4.78, 5) is 0. The number of hydrogen-bond donors (Lipinski definition) is 0. The minimum absolute atomic E-state index is 0.218. The first-order valence-corrected chi connectivity index (χ1v) is 6.98. The van der Waals surface area contributed by atoms with Crippen molar-refractivity contribution in [2.24, 2.45) is 0 Å². The average Bonchev–Trinajstić information content (AvgIpc) is 2.36. The third-order valence-corrected chi connectivity index (χ3v) is 2.92. The molecule has 0 rings (SSSR count). The lowest BCUT2D eigenvalue weighted by atomic mass is 10.1. The van der Waals surface area contributed by atoms with Crippen LogP contribution in [0.5, 0.6) is 0 Å². The maximum atomic E-state index is 5.47. The van der Waals surface area contributed by atoms with Crippen molar-refractivity contribution in [2.75, 3.05) is 27.4 Å². The molecule has 0 aromatic heterocycles. The van der Waals surface area contributed by atoms with Crippen molar-refractivity contribution in [2.45, 2.75) is 64.6 Å². The van der Waals surface area contributed by atoms with Crippen LogP contribution in [-0.4, -0.2) is 33.7 Å². The van der Waals surface area contributed by atoms with Gasteiger partial charge in [0.25, 0.3) is 0 Å². The van der Waals surface area contributed by atoms with Gasteiger partial charge in [-0.1, -0.05) is 51.9 Å². The maximum Gasteiger partial charge on any atom is 0.180 e. The number of hydrogen-bond acceptors (Lipinski definition) is 3. The molecule has 0 saturated carbocycles. The second-order valence-electron chi connectivity index (χ2n) is 4.45. The fourth-order valence-electron chi connectivity index (χ4n) is 1.75. The minimum atomic E-state index is -0.218. The van der Waals surface area contributed by atoms with Gasteiger partial charge in [-0.25, -0.2) is 0 Å². The fourth-order valence-corrected chi connectivity index (χ4v) is 1.75. The van der Waals surface area contributed by atoms with E-state index in [1.54, 1.807) is 14.2 Å². The van der Waals surface area contributed by atoms with Crippen molar-refractivity contribution in [3.63, 3.8) is 0 Å². The van der Waals surface area contributed by atoms with Gasteiger partial charge in [-0.3, -0.25) is 0 Å². The highest BCUT2D eigenvalue weighted by atomic mass is 16.7. The largest absolute Gasteiger partial charge is 0.376 e. The zero-order valence-electron chi connectivity index (χ0n) is 11.9. The lowest BCUT2D eigenvalue weighted by Crippen LogP contribution is -2.20. The van der Waals surface area contributed by atoms with Gasteiger partial charge in [-0.15, -0.1) is 0 Å². The molecular formula is C14H30O3. The Kier molecular flexibility index (Phi) is 13.8. The zero-order valence-corrected chi connectivity index (χ0v) is 11.9. The molecule has 0 saturated heterocycles. The quantitative estimate of drug-likeness (QED) is 0.366. The fraction of sp³-hybridized carbons (Fsp3) is 1.00. The van der Waals surface area contributed by atoms with Gasteiger partial charge in [0, 0.05) is 20.8 Å². The molecule has 0 unspecified atom stereocenters. The van der Waals surface area contributed by atoms with Crippen LogP contribution >= 0.6 is 0 Å². The number of rotatable bonds is 13. The minimum Gasteiger partial charge on any atom is -0.376 e. The Morgan fingerprint density at radius 3 is 1.82 bits per heavy atom. The molecule has 0 spiro atoms. The van der Waals surface area contributed by atoms with Gasteiger partial charge in [-0.2, -0.15) is 0 Å². The number of methoxy groups -OCH3 is 2. The summed E-state index contributed by atoms with van der Waals surface area (Å²) in [7, 11) is 3.27. The van der Waals surface area contributed by atoms with E-state index in [1.807, 2.05) is 0 Å². The molecule has 0 N–H and O–H groups in total. The van der Waals surface area contributed by atoms with E-state index in [2.05, 4.69) is 6.92 Å². The first kappa shape index (κ1) is 16.9. The van der Waals surface area contributed by atoms with E-state index in [0.29, 0.717) is 6.61 Å². The van der Waals surface area contributed by atoms with Crippen molar-refractivity contribution in [3.8, 4) is 0 Å². The molecule has 0 aromatic rings. The Bertz CT molecular complexity index is 135. The van der Waals surface area contributed by atoms with Crippen LogP contribution < -0.4 is 0 Å². The lowest BCUT2D eigenvalue weighted by molar-refractivity contribution is -0.140. The van der Waals surface area contributed by atoms with Crippen LogP contribution in [0.25, 0.3) is 0 Å². The molecule has 0 heterocycles. The normalized spacial score (nSPS) is 11.3. The van der Waals surface area contributed by atoms with E-state index in [1.165, 1.54) is 44.9 Å². The van der Waals surface area contributed by atoms with Gasteiger partial charge < -0.3 is 14.2 Å². The highest BCUT2D eigenvalue weighted by molar-refractivity contribution is 4.46. The molecule has 0 amide bonds. The van der Waals surface area contributed by atoms with Crippen LogP contribution in [0, 0.1) is 0 Å². The molecule has 0 radical (unpaired) electrons. The van der Waals surface area contributed by atoms with Crippen molar-refractivity contribution >= 4 is 0 Å². The van der Waals surface area contributed by atoms with Crippen LogP contribution in [0.4, 0.5) is 0 Å². The predicted molar refractivity (Wildman–Crippen MR) is 71.2 cm³/mol. The van der Waals surface area contributed by atoms with Gasteiger partial charge in [0.05, 0.1) is 6.61 Å². The molecule has 0 bridgehead atoms. The molecule has 0 atom stereocenters. The molecular weight excluding hydrogens is 216 g/mol. The second kappa shape index (κ2) is 13.9. The standard InChI is InChI=1S/C14H30O3/c1-4-5-6-7-8-9-10-11-12-17-13-14(15-2)16-3/h14H,4-13H2,1-3H3. The Morgan fingerprint density at radius 1 is 0.765 bits per heavy atom. The summed E-state index contributed by atoms with van der Waals surface area (Å²) in [6.45, 7) is 3.60. The summed E-state index contributed by atoms with van der Waals surface area (Å²) < 4.78 is 15.5. The predicted octanol–water partition coefficient (Wildman–Crippen LogP) is 3.76. The first-order chi connectivity index (χ1) is 8.35. The molecule has 3 nitrogen and oxygen atoms in total. The van der Waals surface area contributed by atoms with E-state index in [4.69, 9.17) is 14.2 Å². The third kappa shape index (κ3) is 12.1. The third-order valence-electron chi connectivity index (χ3n) is 2.92. The van der Waals surface area contributed by atoms with E-state index in [-0.39, 0.29) is 6.29 Å². The van der Waals surface area contributed by atoms with Gasteiger partial charge in [0.15, 0.2) is 6.29 Å². The van der Waals surface area contributed by atoms with Crippen molar-refractivity contribution in [1.29, 1.82) is 0 Å². The van der Waals surface area contributed by atoms with E-state index in [9.17, 15) is 0 Å². The van der Waals surface area contributed by atoms with E-state index < -0.39 is 0 Å². The number of unbranched alkanes of at least 4 members (excludes halogenated alkanes) is 7. The van der Waals surface area contributed by atoms with Crippen LogP contribution in [0.15, 0.2) is 0 Å². The van der Waals surface area contributed by atoms with Crippen LogP contribution in [-0.2, 0) is 14.2 Å². The molecule has 17 heavy (non-hydrogen) atoms. The first-order valence-electron chi connectivity index (χ1n) is 6.98. The molecule has 0 fully saturated rings. The Hall–Kier alpha value is -0.120. The van der Waals surface area contributed by atoms with Gasteiger partial charge in [-0.05, 0) is 6.42 Å². The Balaban J connectivity index is 3.03. The van der Waals surface area contributed by atoms with Crippen molar-refractivity contribution in [1.82, 2.24) is 0 Å². The Morgan fingerprint density at radius 2 is 1.29 bits per heavy atom. The average molecular weight is 246 g/mol.